The average molecular weight is 413 g/mol. The minimum Gasteiger partial charge on any atom is -0.393 e. The zero-order valence-electron chi connectivity index (χ0n) is 13.6. The first-order valence-electron chi connectivity index (χ1n) is 6.91. The maximum atomic E-state index is 14.2. The van der Waals surface area contributed by atoms with Crippen molar-refractivity contribution < 1.29 is 48.4 Å². The van der Waals surface area contributed by atoms with E-state index < -0.39 is 44.7 Å². The molecular weight excluding hydrogens is 399 g/mol. The summed E-state index contributed by atoms with van der Waals surface area (Å²) < 4.78 is 128. The van der Waals surface area contributed by atoms with Gasteiger partial charge in [-0.2, -0.15) is 39.5 Å². The fourth-order valence-electron chi connectivity index (χ4n) is 2.22. The molecular formula is C14H14F9O2Si. The second-order valence-electron chi connectivity index (χ2n) is 5.27. The Balaban J connectivity index is 3.47. The van der Waals surface area contributed by atoms with E-state index in [2.05, 4.69) is 0 Å². The molecule has 0 bridgehead atoms. The Labute approximate surface area is 144 Å². The zero-order valence-corrected chi connectivity index (χ0v) is 14.6. The van der Waals surface area contributed by atoms with Crippen LogP contribution in [0.25, 0.3) is 0 Å². The van der Waals surface area contributed by atoms with Crippen LogP contribution in [0.1, 0.15) is 18.4 Å². The molecule has 149 valence electrons. The van der Waals surface area contributed by atoms with Gasteiger partial charge in [0.05, 0.1) is 5.92 Å². The molecule has 0 aliphatic heterocycles. The number of benzene rings is 1. The molecule has 0 aliphatic rings. The van der Waals surface area contributed by atoms with Gasteiger partial charge in [0, 0.05) is 14.2 Å². The summed E-state index contributed by atoms with van der Waals surface area (Å²) in [5.41, 5.74) is -0.576. The molecule has 1 rings (SSSR count). The second kappa shape index (κ2) is 7.39. The third-order valence-corrected chi connectivity index (χ3v) is 5.37. The largest absolute Gasteiger partial charge is 0.460 e. The Kier molecular flexibility index (Phi) is 6.47. The van der Waals surface area contributed by atoms with Crippen molar-refractivity contribution in [3.05, 3.63) is 29.8 Å². The van der Waals surface area contributed by atoms with Gasteiger partial charge in [-0.1, -0.05) is 31.2 Å². The van der Waals surface area contributed by atoms with Gasteiger partial charge in [-0.25, -0.2) is 0 Å². The van der Waals surface area contributed by atoms with Crippen LogP contribution in [0, 0.1) is 0 Å². The fraction of sp³-hybridized carbons (Fsp3) is 0.571. The summed E-state index contributed by atoms with van der Waals surface area (Å²) in [4.78, 5) is 0. The van der Waals surface area contributed by atoms with Gasteiger partial charge in [-0.3, -0.25) is 0 Å². The Morgan fingerprint density at radius 1 is 0.808 bits per heavy atom. The van der Waals surface area contributed by atoms with Crippen LogP contribution in [0.5, 0.6) is 0 Å². The molecule has 1 atom stereocenters. The van der Waals surface area contributed by atoms with E-state index in [4.69, 9.17) is 8.85 Å². The van der Waals surface area contributed by atoms with Crippen molar-refractivity contribution in [1.29, 1.82) is 0 Å². The highest BCUT2D eigenvalue weighted by Crippen LogP contribution is 2.56. The predicted molar refractivity (Wildman–Crippen MR) is 75.2 cm³/mol. The first kappa shape index (κ1) is 22.8. The Bertz CT molecular complexity index is 615. The van der Waals surface area contributed by atoms with Gasteiger partial charge in [-0.15, -0.1) is 0 Å². The van der Waals surface area contributed by atoms with E-state index in [9.17, 15) is 39.5 Å². The monoisotopic (exact) mass is 413 g/mol. The SMILES string of the molecule is CO[Si](OC)c1ccccc1C(C)C(F)(F)C(F)(F)C(F)(F)C(F)(F)F. The van der Waals surface area contributed by atoms with Gasteiger partial charge >= 0.3 is 33.2 Å². The van der Waals surface area contributed by atoms with Crippen molar-refractivity contribution in [3.8, 4) is 0 Å². The van der Waals surface area contributed by atoms with E-state index in [0.717, 1.165) is 26.4 Å². The van der Waals surface area contributed by atoms with Crippen LogP contribution in [-0.4, -0.2) is 47.4 Å². The Morgan fingerprint density at radius 2 is 1.27 bits per heavy atom. The van der Waals surface area contributed by atoms with Crippen molar-refractivity contribution in [2.45, 2.75) is 36.8 Å². The number of hydrogen-bond donors (Lipinski definition) is 0. The first-order chi connectivity index (χ1) is 11.7. The van der Waals surface area contributed by atoms with Gasteiger partial charge in [0.15, 0.2) is 0 Å². The number of hydrogen-bond acceptors (Lipinski definition) is 2. The molecule has 0 aromatic heterocycles. The summed E-state index contributed by atoms with van der Waals surface area (Å²) in [7, 11) is -0.145. The maximum absolute atomic E-state index is 14.2. The lowest BCUT2D eigenvalue weighted by molar-refractivity contribution is -0.398. The lowest BCUT2D eigenvalue weighted by Crippen LogP contribution is -2.62. The molecule has 12 heteroatoms. The smallest absolute Gasteiger partial charge is 0.393 e. The van der Waals surface area contributed by atoms with E-state index >= 15 is 0 Å². The maximum Gasteiger partial charge on any atom is 0.460 e. The minimum absolute atomic E-state index is 0.110. The number of rotatable bonds is 7. The summed E-state index contributed by atoms with van der Waals surface area (Å²) in [5, 5.41) is -0.110. The molecule has 1 aromatic carbocycles. The van der Waals surface area contributed by atoms with Crippen LogP contribution < -0.4 is 5.19 Å². The number of halogens is 9. The molecule has 1 aromatic rings. The molecule has 0 amide bonds. The molecule has 1 radical (unpaired) electrons. The molecule has 0 fully saturated rings. The minimum atomic E-state index is -6.93. The van der Waals surface area contributed by atoms with Crippen LogP contribution in [0.2, 0.25) is 0 Å². The summed E-state index contributed by atoms with van der Waals surface area (Å²) >= 11 is 0. The third-order valence-electron chi connectivity index (χ3n) is 3.73. The van der Waals surface area contributed by atoms with E-state index in [-0.39, 0.29) is 5.19 Å². The highest BCUT2D eigenvalue weighted by atomic mass is 28.3. The molecule has 0 aliphatic carbocycles. The van der Waals surface area contributed by atoms with Crippen molar-refractivity contribution >= 4 is 14.5 Å². The normalized spacial score (nSPS) is 15.4. The van der Waals surface area contributed by atoms with E-state index in [0.29, 0.717) is 6.92 Å². The molecule has 2 nitrogen and oxygen atoms in total. The van der Waals surface area contributed by atoms with Gasteiger partial charge in [0.25, 0.3) is 0 Å². The number of alkyl halides is 9. The van der Waals surface area contributed by atoms with Crippen LogP contribution in [0.4, 0.5) is 39.5 Å². The first-order valence-corrected chi connectivity index (χ1v) is 8.22. The highest BCUT2D eigenvalue weighted by molar-refractivity contribution is 6.61. The molecule has 0 N–H and O–H groups in total. The van der Waals surface area contributed by atoms with Crippen molar-refractivity contribution in [3.63, 3.8) is 0 Å². The van der Waals surface area contributed by atoms with Crippen LogP contribution >= 0.6 is 0 Å². The quantitative estimate of drug-likeness (QED) is 0.492. The predicted octanol–water partition coefficient (Wildman–Crippen LogP) is 4.25. The lowest BCUT2D eigenvalue weighted by atomic mass is 9.87. The highest BCUT2D eigenvalue weighted by Gasteiger charge is 2.82. The third kappa shape index (κ3) is 3.58. The fourth-order valence-corrected chi connectivity index (χ4v) is 3.59. The summed E-state index contributed by atoms with van der Waals surface area (Å²) in [6, 6.07) is 4.58. The summed E-state index contributed by atoms with van der Waals surface area (Å²) in [5.74, 6) is -22.0. The topological polar surface area (TPSA) is 18.5 Å². The summed E-state index contributed by atoms with van der Waals surface area (Å²) in [6.07, 6.45) is -6.85. The lowest BCUT2D eigenvalue weighted by Gasteiger charge is -2.37. The van der Waals surface area contributed by atoms with Crippen LogP contribution in [-0.2, 0) is 8.85 Å². The van der Waals surface area contributed by atoms with E-state index in [1.54, 1.807) is 0 Å². The Morgan fingerprint density at radius 3 is 1.69 bits per heavy atom. The second-order valence-corrected chi connectivity index (χ2v) is 7.20. The Hall–Kier alpha value is -1.27. The van der Waals surface area contributed by atoms with E-state index in [1.165, 1.54) is 12.1 Å². The van der Waals surface area contributed by atoms with Crippen LogP contribution in [0.15, 0.2) is 24.3 Å². The summed E-state index contributed by atoms with van der Waals surface area (Å²) in [6.45, 7) is 0.435. The van der Waals surface area contributed by atoms with Crippen molar-refractivity contribution in [2.75, 3.05) is 14.2 Å². The van der Waals surface area contributed by atoms with E-state index in [1.807, 2.05) is 0 Å². The molecule has 0 heterocycles. The van der Waals surface area contributed by atoms with Crippen LogP contribution in [0.3, 0.4) is 0 Å². The standard InChI is InChI=1S/C14H14F9O2Si/c1-8(9-6-4-5-7-10(9)26(24-2)25-3)11(15,16)12(17,18)13(19,20)14(21,22)23/h4-8H,1-3H3. The van der Waals surface area contributed by atoms with Crippen molar-refractivity contribution in [2.24, 2.45) is 0 Å². The van der Waals surface area contributed by atoms with Gasteiger partial charge < -0.3 is 8.85 Å². The zero-order chi connectivity index (χ0) is 20.6. The van der Waals surface area contributed by atoms with Gasteiger partial charge in [0.2, 0.25) is 0 Å². The molecule has 1 unspecified atom stereocenters. The van der Waals surface area contributed by atoms with Gasteiger partial charge in [-0.05, 0) is 10.8 Å². The average Bonchev–Trinajstić information content (AvgIpc) is 2.54. The van der Waals surface area contributed by atoms with Gasteiger partial charge in [0.1, 0.15) is 0 Å². The van der Waals surface area contributed by atoms with Crippen molar-refractivity contribution in [1.82, 2.24) is 0 Å². The molecule has 0 saturated carbocycles. The molecule has 26 heavy (non-hydrogen) atoms. The molecule has 0 spiro atoms. The molecule has 0 saturated heterocycles.